The molecule has 6 heteroatoms. The smallest absolute Gasteiger partial charge is 0.244 e. The highest BCUT2D eigenvalue weighted by molar-refractivity contribution is 14.1. The summed E-state index contributed by atoms with van der Waals surface area (Å²) in [6.07, 6.45) is 5.60. The lowest BCUT2D eigenvalue weighted by molar-refractivity contribution is -0.116. The molecule has 0 spiro atoms. The number of nitrogens with zero attached hydrogens (tertiary/aromatic N) is 1. The summed E-state index contributed by atoms with van der Waals surface area (Å²) in [6.45, 7) is 2.67. The van der Waals surface area contributed by atoms with Crippen LogP contribution in [0.3, 0.4) is 0 Å². The molecule has 1 unspecified atom stereocenters. The van der Waals surface area contributed by atoms with Gasteiger partial charge in [0.05, 0.1) is 13.2 Å². The van der Waals surface area contributed by atoms with E-state index in [1.54, 1.807) is 13.2 Å². The van der Waals surface area contributed by atoms with Gasteiger partial charge in [0.25, 0.3) is 0 Å². The summed E-state index contributed by atoms with van der Waals surface area (Å²) >= 11 is 2.10. The SMILES string of the molecule is COc1cccc(C(CNC(=O)/C=C/c2ccc(I)o2)N2CCCC2)c1. The average molecular weight is 466 g/mol. The lowest BCUT2D eigenvalue weighted by atomic mass is 10.0. The van der Waals surface area contributed by atoms with Crippen LogP contribution in [0, 0.1) is 3.77 Å². The Morgan fingerprint density at radius 2 is 2.15 bits per heavy atom. The zero-order valence-corrected chi connectivity index (χ0v) is 16.9. The van der Waals surface area contributed by atoms with Crippen molar-refractivity contribution < 1.29 is 13.9 Å². The van der Waals surface area contributed by atoms with Gasteiger partial charge in [-0.2, -0.15) is 0 Å². The molecule has 1 atom stereocenters. The van der Waals surface area contributed by atoms with Crippen LogP contribution in [0.2, 0.25) is 0 Å². The fourth-order valence-electron chi connectivity index (χ4n) is 3.19. The highest BCUT2D eigenvalue weighted by Gasteiger charge is 2.24. The van der Waals surface area contributed by atoms with Crippen molar-refractivity contribution in [3.05, 3.63) is 57.6 Å². The second-order valence-corrected chi connectivity index (χ2v) is 7.32. The minimum atomic E-state index is -0.122. The average Bonchev–Trinajstić information content (AvgIpc) is 3.32. The van der Waals surface area contributed by atoms with Gasteiger partial charge in [-0.05, 0) is 84.4 Å². The third-order valence-electron chi connectivity index (χ3n) is 4.52. The number of methoxy groups -OCH3 is 1. The molecule has 1 aromatic heterocycles. The predicted octanol–water partition coefficient (Wildman–Crippen LogP) is 3.86. The van der Waals surface area contributed by atoms with E-state index in [-0.39, 0.29) is 11.9 Å². The lowest BCUT2D eigenvalue weighted by Gasteiger charge is -2.28. The van der Waals surface area contributed by atoms with Gasteiger partial charge in [-0.15, -0.1) is 0 Å². The van der Waals surface area contributed by atoms with Crippen LogP contribution in [-0.4, -0.2) is 37.6 Å². The molecular formula is C20H23IN2O3. The molecule has 1 saturated heterocycles. The number of hydrogen-bond acceptors (Lipinski definition) is 4. The Hall–Kier alpha value is -1.80. The molecule has 0 saturated carbocycles. The van der Waals surface area contributed by atoms with Gasteiger partial charge in [0, 0.05) is 12.6 Å². The van der Waals surface area contributed by atoms with E-state index < -0.39 is 0 Å². The fourth-order valence-corrected chi connectivity index (χ4v) is 3.63. The molecule has 1 fully saturated rings. The maximum absolute atomic E-state index is 12.2. The number of rotatable bonds is 7. The number of benzene rings is 1. The van der Waals surface area contributed by atoms with Crippen molar-refractivity contribution in [2.24, 2.45) is 0 Å². The number of furan rings is 1. The maximum atomic E-state index is 12.2. The molecule has 2 aromatic rings. The van der Waals surface area contributed by atoms with Crippen molar-refractivity contribution in [3.8, 4) is 5.75 Å². The molecule has 1 N–H and O–H groups in total. The van der Waals surface area contributed by atoms with Gasteiger partial charge in [-0.1, -0.05) is 12.1 Å². The van der Waals surface area contributed by atoms with Crippen molar-refractivity contribution in [2.75, 3.05) is 26.7 Å². The van der Waals surface area contributed by atoms with E-state index in [0.29, 0.717) is 12.3 Å². The third-order valence-corrected chi connectivity index (χ3v) is 5.10. The molecule has 138 valence electrons. The zero-order chi connectivity index (χ0) is 18.4. The van der Waals surface area contributed by atoms with Crippen LogP contribution < -0.4 is 10.1 Å². The van der Waals surface area contributed by atoms with Crippen LogP contribution in [0.25, 0.3) is 6.08 Å². The van der Waals surface area contributed by atoms with E-state index in [4.69, 9.17) is 9.15 Å². The first kappa shape index (κ1) is 19.0. The summed E-state index contributed by atoms with van der Waals surface area (Å²) in [7, 11) is 1.67. The van der Waals surface area contributed by atoms with E-state index in [1.807, 2.05) is 24.3 Å². The lowest BCUT2D eigenvalue weighted by Crippen LogP contribution is -2.36. The number of hydrogen-bond donors (Lipinski definition) is 1. The third kappa shape index (κ3) is 5.11. The van der Waals surface area contributed by atoms with E-state index in [0.717, 1.165) is 28.2 Å². The molecule has 0 bridgehead atoms. The summed E-state index contributed by atoms with van der Waals surface area (Å²) in [5, 5.41) is 3.02. The molecule has 3 rings (SSSR count). The highest BCUT2D eigenvalue weighted by Crippen LogP contribution is 2.27. The Balaban J connectivity index is 1.65. The molecule has 26 heavy (non-hydrogen) atoms. The van der Waals surface area contributed by atoms with Gasteiger partial charge >= 0.3 is 0 Å². The Morgan fingerprint density at radius 1 is 1.35 bits per heavy atom. The second kappa shape index (κ2) is 9.23. The van der Waals surface area contributed by atoms with Gasteiger partial charge in [0.15, 0.2) is 3.77 Å². The maximum Gasteiger partial charge on any atom is 0.244 e. The quantitative estimate of drug-likeness (QED) is 0.498. The number of halogens is 1. The largest absolute Gasteiger partial charge is 0.497 e. The number of ether oxygens (including phenoxy) is 1. The first-order valence-electron chi connectivity index (χ1n) is 8.75. The van der Waals surface area contributed by atoms with Crippen LogP contribution in [0.1, 0.15) is 30.2 Å². The Morgan fingerprint density at radius 3 is 2.85 bits per heavy atom. The predicted molar refractivity (Wildman–Crippen MR) is 110 cm³/mol. The summed E-state index contributed by atoms with van der Waals surface area (Å²) in [4.78, 5) is 14.6. The molecule has 1 amide bonds. The molecule has 5 nitrogen and oxygen atoms in total. The van der Waals surface area contributed by atoms with Gasteiger partial charge in [-0.25, -0.2) is 0 Å². The summed E-state index contributed by atoms with van der Waals surface area (Å²) < 4.78 is 11.6. The van der Waals surface area contributed by atoms with E-state index in [2.05, 4.69) is 44.9 Å². The van der Waals surface area contributed by atoms with Gasteiger partial charge in [0.1, 0.15) is 11.5 Å². The minimum Gasteiger partial charge on any atom is -0.497 e. The van der Waals surface area contributed by atoms with Gasteiger partial charge < -0.3 is 14.5 Å². The molecule has 0 aliphatic carbocycles. The topological polar surface area (TPSA) is 54.7 Å². The minimum absolute atomic E-state index is 0.122. The number of nitrogens with one attached hydrogen (secondary N) is 1. The standard InChI is InChI=1S/C20H23IN2O3/c1-25-17-6-4-5-15(13-17)18(23-11-2-3-12-23)14-22-20(24)10-8-16-7-9-19(21)26-16/h4-10,13,18H,2-3,11-12,14H2,1H3,(H,22,24)/b10-8+. The fraction of sp³-hybridized carbons (Fsp3) is 0.350. The molecule has 2 heterocycles. The van der Waals surface area contributed by atoms with Crippen molar-refractivity contribution >= 4 is 34.6 Å². The summed E-state index contributed by atoms with van der Waals surface area (Å²) in [5.41, 5.74) is 1.16. The van der Waals surface area contributed by atoms with Crippen LogP contribution in [0.5, 0.6) is 5.75 Å². The number of likely N-dealkylation sites (tertiary alicyclic amines) is 1. The van der Waals surface area contributed by atoms with E-state index in [1.165, 1.54) is 18.9 Å². The molecular weight excluding hydrogens is 443 g/mol. The van der Waals surface area contributed by atoms with E-state index in [9.17, 15) is 4.79 Å². The summed E-state index contributed by atoms with van der Waals surface area (Å²) in [6, 6.07) is 11.9. The highest BCUT2D eigenvalue weighted by atomic mass is 127. The second-order valence-electron chi connectivity index (χ2n) is 6.26. The normalized spacial score (nSPS) is 16.1. The molecule has 1 aliphatic heterocycles. The van der Waals surface area contributed by atoms with Crippen LogP contribution >= 0.6 is 22.6 Å². The number of carbonyl (C=O) groups excluding carboxylic acids is 1. The Labute approximate surface area is 167 Å². The zero-order valence-electron chi connectivity index (χ0n) is 14.8. The van der Waals surface area contributed by atoms with Crippen molar-refractivity contribution in [1.29, 1.82) is 0 Å². The number of carbonyl (C=O) groups is 1. The first-order valence-corrected chi connectivity index (χ1v) is 9.83. The van der Waals surface area contributed by atoms with Crippen molar-refractivity contribution in [3.63, 3.8) is 0 Å². The Kier molecular flexibility index (Phi) is 6.73. The monoisotopic (exact) mass is 466 g/mol. The molecule has 1 aliphatic rings. The molecule has 0 radical (unpaired) electrons. The van der Waals surface area contributed by atoms with Gasteiger partial charge in [-0.3, -0.25) is 9.69 Å². The van der Waals surface area contributed by atoms with Crippen LogP contribution in [0.15, 0.2) is 46.9 Å². The molecule has 1 aromatic carbocycles. The van der Waals surface area contributed by atoms with Crippen LogP contribution in [0.4, 0.5) is 0 Å². The van der Waals surface area contributed by atoms with Crippen molar-refractivity contribution in [1.82, 2.24) is 10.2 Å². The van der Waals surface area contributed by atoms with Crippen molar-refractivity contribution in [2.45, 2.75) is 18.9 Å². The first-order chi connectivity index (χ1) is 12.7. The van der Waals surface area contributed by atoms with E-state index >= 15 is 0 Å². The van der Waals surface area contributed by atoms with Gasteiger partial charge in [0.2, 0.25) is 5.91 Å². The number of amides is 1. The van der Waals surface area contributed by atoms with Crippen LogP contribution in [-0.2, 0) is 4.79 Å². The summed E-state index contributed by atoms with van der Waals surface area (Å²) in [5.74, 6) is 1.39. The Bertz CT molecular complexity index is 766.